The third-order valence-electron chi connectivity index (χ3n) is 2.48. The molecule has 0 fully saturated rings. The molecule has 0 bridgehead atoms. The zero-order valence-corrected chi connectivity index (χ0v) is 11.5. The molecule has 0 aliphatic rings. The van der Waals surface area contributed by atoms with Crippen LogP contribution in [-0.2, 0) is 9.59 Å². The number of hydrogen-bond donors (Lipinski definition) is 2. The topological polar surface area (TPSA) is 58.2 Å². The Bertz CT molecular complexity index is 218. The van der Waals surface area contributed by atoms with E-state index in [9.17, 15) is 9.59 Å². The maximum absolute atomic E-state index is 11.4. The fourth-order valence-electron chi connectivity index (χ4n) is 1.80. The van der Waals surface area contributed by atoms with E-state index in [1.165, 1.54) is 0 Å². The lowest BCUT2D eigenvalue weighted by atomic mass is 10.1. The van der Waals surface area contributed by atoms with E-state index in [2.05, 4.69) is 10.6 Å². The second-order valence-electron chi connectivity index (χ2n) is 4.67. The Morgan fingerprint density at radius 3 is 1.53 bits per heavy atom. The first-order chi connectivity index (χ1) is 7.99. The summed E-state index contributed by atoms with van der Waals surface area (Å²) >= 11 is 0. The van der Waals surface area contributed by atoms with Crippen LogP contribution in [0.15, 0.2) is 0 Å². The lowest BCUT2D eigenvalue weighted by Gasteiger charge is -2.19. The molecule has 0 heterocycles. The highest BCUT2D eigenvalue weighted by molar-refractivity contribution is 5.76. The maximum atomic E-state index is 11.4. The zero-order chi connectivity index (χ0) is 13.3. The molecule has 2 atom stereocenters. The van der Waals surface area contributed by atoms with Crippen molar-refractivity contribution < 1.29 is 9.59 Å². The van der Waals surface area contributed by atoms with Crippen LogP contribution in [0.2, 0.25) is 0 Å². The van der Waals surface area contributed by atoms with Gasteiger partial charge in [0, 0.05) is 24.9 Å². The van der Waals surface area contributed by atoms with Gasteiger partial charge in [-0.1, -0.05) is 13.8 Å². The molecule has 0 radical (unpaired) electrons. The van der Waals surface area contributed by atoms with E-state index in [0.29, 0.717) is 12.8 Å². The second-order valence-corrected chi connectivity index (χ2v) is 4.67. The molecule has 0 saturated carbocycles. The molecule has 0 aliphatic carbocycles. The number of hydrogen-bond acceptors (Lipinski definition) is 2. The normalized spacial score (nSPS) is 13.9. The summed E-state index contributed by atoms with van der Waals surface area (Å²) < 4.78 is 0. The second kappa shape index (κ2) is 9.02. The Kier molecular flexibility index (Phi) is 8.46. The van der Waals surface area contributed by atoms with Gasteiger partial charge in [-0.25, -0.2) is 0 Å². The van der Waals surface area contributed by atoms with E-state index in [1.54, 1.807) is 0 Å². The van der Waals surface area contributed by atoms with Gasteiger partial charge in [0.05, 0.1) is 0 Å². The van der Waals surface area contributed by atoms with Gasteiger partial charge in [0.1, 0.15) is 0 Å². The monoisotopic (exact) mass is 242 g/mol. The molecule has 0 aromatic carbocycles. The average molecular weight is 242 g/mol. The Labute approximate surface area is 105 Å². The molecule has 0 aromatic rings. The van der Waals surface area contributed by atoms with Gasteiger partial charge < -0.3 is 10.6 Å². The lowest BCUT2D eigenvalue weighted by Crippen LogP contribution is -2.40. The maximum Gasteiger partial charge on any atom is 0.220 e. The highest BCUT2D eigenvalue weighted by Crippen LogP contribution is 2.00. The van der Waals surface area contributed by atoms with Crippen LogP contribution in [0.25, 0.3) is 0 Å². The summed E-state index contributed by atoms with van der Waals surface area (Å²) in [7, 11) is 0. The number of carbonyl (C=O) groups is 2. The molecule has 4 heteroatoms. The zero-order valence-electron chi connectivity index (χ0n) is 11.5. The van der Waals surface area contributed by atoms with E-state index in [0.717, 1.165) is 19.3 Å². The van der Waals surface area contributed by atoms with Crippen LogP contribution in [0.3, 0.4) is 0 Å². The molecule has 100 valence electrons. The molecule has 17 heavy (non-hydrogen) atoms. The molecule has 2 N–H and O–H groups in total. The van der Waals surface area contributed by atoms with E-state index < -0.39 is 0 Å². The third-order valence-corrected chi connectivity index (χ3v) is 2.48. The van der Waals surface area contributed by atoms with Crippen LogP contribution < -0.4 is 10.6 Å². The van der Waals surface area contributed by atoms with Crippen molar-refractivity contribution in [1.29, 1.82) is 0 Å². The van der Waals surface area contributed by atoms with Crippen molar-refractivity contribution in [1.82, 2.24) is 10.6 Å². The summed E-state index contributed by atoms with van der Waals surface area (Å²) in [5.74, 6) is 0.180. The van der Waals surface area contributed by atoms with Crippen LogP contribution in [0.5, 0.6) is 0 Å². The van der Waals surface area contributed by atoms with Crippen LogP contribution in [-0.4, -0.2) is 23.9 Å². The largest absolute Gasteiger partial charge is 0.354 e. The summed E-state index contributed by atoms with van der Waals surface area (Å²) in [6.45, 7) is 7.90. The number of rotatable bonds is 8. The van der Waals surface area contributed by atoms with Crippen LogP contribution in [0.4, 0.5) is 0 Å². The summed E-state index contributed by atoms with van der Waals surface area (Å²) in [6.07, 6.45) is 3.63. The van der Waals surface area contributed by atoms with Gasteiger partial charge in [0.15, 0.2) is 0 Å². The van der Waals surface area contributed by atoms with E-state index in [4.69, 9.17) is 0 Å². The average Bonchev–Trinajstić information content (AvgIpc) is 2.16. The minimum Gasteiger partial charge on any atom is -0.354 e. The lowest BCUT2D eigenvalue weighted by molar-refractivity contribution is -0.121. The van der Waals surface area contributed by atoms with Crippen LogP contribution in [0.1, 0.15) is 59.8 Å². The molecular weight excluding hydrogens is 216 g/mol. The third kappa shape index (κ3) is 8.72. The molecule has 0 aromatic heterocycles. The highest BCUT2D eigenvalue weighted by Gasteiger charge is 2.12. The highest BCUT2D eigenvalue weighted by atomic mass is 16.2. The van der Waals surface area contributed by atoms with Crippen molar-refractivity contribution in [2.24, 2.45) is 0 Å². The Morgan fingerprint density at radius 1 is 0.882 bits per heavy atom. The molecule has 2 unspecified atom stereocenters. The Balaban J connectivity index is 3.82. The van der Waals surface area contributed by atoms with Gasteiger partial charge in [-0.3, -0.25) is 9.59 Å². The standard InChI is InChI=1S/C13H26N2O2/c1-5-7-12(16)14-10(3)9-11(4)15-13(17)8-6-2/h10-11H,5-9H2,1-4H3,(H,14,16)(H,15,17). The van der Waals surface area contributed by atoms with Gasteiger partial charge in [0.2, 0.25) is 11.8 Å². The van der Waals surface area contributed by atoms with Crippen molar-refractivity contribution in [3.8, 4) is 0 Å². The molecule has 4 nitrogen and oxygen atoms in total. The molecule has 0 aliphatic heterocycles. The van der Waals surface area contributed by atoms with Gasteiger partial charge in [0.25, 0.3) is 0 Å². The van der Waals surface area contributed by atoms with E-state index >= 15 is 0 Å². The van der Waals surface area contributed by atoms with Crippen molar-refractivity contribution in [3.63, 3.8) is 0 Å². The smallest absolute Gasteiger partial charge is 0.220 e. The number of amides is 2. The quantitative estimate of drug-likeness (QED) is 0.684. The number of carbonyl (C=O) groups excluding carboxylic acids is 2. The fraction of sp³-hybridized carbons (Fsp3) is 0.846. The summed E-state index contributed by atoms with van der Waals surface area (Å²) in [4.78, 5) is 22.7. The predicted octanol–water partition coefficient (Wildman–Crippen LogP) is 1.99. The molecule has 2 amide bonds. The molecular formula is C13H26N2O2. The Hall–Kier alpha value is -1.06. The molecule has 0 saturated heterocycles. The van der Waals surface area contributed by atoms with Crippen LogP contribution >= 0.6 is 0 Å². The predicted molar refractivity (Wildman–Crippen MR) is 69.6 cm³/mol. The SMILES string of the molecule is CCCC(=O)NC(C)CC(C)NC(=O)CCC. The minimum atomic E-state index is 0.0899. The minimum absolute atomic E-state index is 0.0899. The van der Waals surface area contributed by atoms with E-state index in [-0.39, 0.29) is 23.9 Å². The number of nitrogens with one attached hydrogen (secondary N) is 2. The summed E-state index contributed by atoms with van der Waals surface area (Å²) in [6, 6.07) is 0.206. The van der Waals surface area contributed by atoms with Crippen LogP contribution in [0, 0.1) is 0 Å². The fourth-order valence-corrected chi connectivity index (χ4v) is 1.80. The van der Waals surface area contributed by atoms with E-state index in [1.807, 2.05) is 27.7 Å². The molecule has 0 rings (SSSR count). The van der Waals surface area contributed by atoms with Crippen molar-refractivity contribution >= 4 is 11.8 Å². The van der Waals surface area contributed by atoms with Gasteiger partial charge in [-0.2, -0.15) is 0 Å². The first-order valence-electron chi connectivity index (χ1n) is 6.58. The van der Waals surface area contributed by atoms with Crippen molar-refractivity contribution in [2.75, 3.05) is 0 Å². The first kappa shape index (κ1) is 15.9. The summed E-state index contributed by atoms with van der Waals surface area (Å²) in [5, 5.41) is 5.85. The first-order valence-corrected chi connectivity index (χ1v) is 6.58. The Morgan fingerprint density at radius 2 is 1.24 bits per heavy atom. The van der Waals surface area contributed by atoms with Gasteiger partial charge >= 0.3 is 0 Å². The van der Waals surface area contributed by atoms with Crippen molar-refractivity contribution in [2.45, 2.75) is 71.9 Å². The summed E-state index contributed by atoms with van der Waals surface area (Å²) in [5.41, 5.74) is 0. The van der Waals surface area contributed by atoms with Gasteiger partial charge in [-0.15, -0.1) is 0 Å². The van der Waals surface area contributed by atoms with Crippen molar-refractivity contribution in [3.05, 3.63) is 0 Å². The molecule has 0 spiro atoms. The van der Waals surface area contributed by atoms with Gasteiger partial charge in [-0.05, 0) is 33.1 Å².